The Bertz CT molecular complexity index is 1110. The lowest BCUT2D eigenvalue weighted by Gasteiger charge is -2.10. The van der Waals surface area contributed by atoms with E-state index in [2.05, 4.69) is 25.6 Å². The Balaban J connectivity index is 1.60. The van der Waals surface area contributed by atoms with Crippen LogP contribution in [0.25, 0.3) is 22.8 Å². The third kappa shape index (κ3) is 3.59. The molecule has 11 heteroatoms. The Morgan fingerprint density at radius 3 is 2.54 bits per heavy atom. The van der Waals surface area contributed by atoms with Crippen LogP contribution in [0.3, 0.4) is 0 Å². The summed E-state index contributed by atoms with van der Waals surface area (Å²) in [5.41, 5.74) is -0.833. The number of tetrazole rings is 1. The molecule has 0 spiro atoms. The van der Waals surface area contributed by atoms with Crippen LogP contribution in [0.1, 0.15) is 11.5 Å². The Morgan fingerprint density at radius 2 is 1.79 bits per heavy atom. The summed E-state index contributed by atoms with van der Waals surface area (Å²) < 4.78 is 57.8. The SMILES string of the molecule is Fc1ccc(C(F)(F)F)c(-c2noc(Cn3nnc(-c4ccccc4)n3)n2)c1. The predicted octanol–water partition coefficient (Wildman–Crippen LogP) is 3.60. The van der Waals surface area contributed by atoms with Gasteiger partial charge in [-0.3, -0.25) is 0 Å². The van der Waals surface area contributed by atoms with Crippen LogP contribution >= 0.6 is 0 Å². The van der Waals surface area contributed by atoms with Crippen molar-refractivity contribution in [3.8, 4) is 22.8 Å². The molecule has 0 amide bonds. The Hall–Kier alpha value is -3.63. The lowest BCUT2D eigenvalue weighted by molar-refractivity contribution is -0.137. The number of halogens is 4. The van der Waals surface area contributed by atoms with Crippen LogP contribution < -0.4 is 0 Å². The average Bonchev–Trinajstić information content (AvgIpc) is 3.31. The van der Waals surface area contributed by atoms with Crippen LogP contribution in [0.4, 0.5) is 17.6 Å². The fourth-order valence-corrected chi connectivity index (χ4v) is 2.51. The van der Waals surface area contributed by atoms with Gasteiger partial charge in [0.1, 0.15) is 12.4 Å². The van der Waals surface area contributed by atoms with Gasteiger partial charge in [-0.25, -0.2) is 4.39 Å². The number of benzene rings is 2. The summed E-state index contributed by atoms with van der Waals surface area (Å²) in [5.74, 6) is -0.917. The normalized spacial score (nSPS) is 11.7. The minimum atomic E-state index is -4.69. The summed E-state index contributed by atoms with van der Waals surface area (Å²) in [5, 5.41) is 15.4. The Kier molecular flexibility index (Phi) is 4.34. The quantitative estimate of drug-likeness (QED) is 0.495. The summed E-state index contributed by atoms with van der Waals surface area (Å²) >= 11 is 0. The number of nitrogens with zero attached hydrogens (tertiary/aromatic N) is 6. The van der Waals surface area contributed by atoms with Gasteiger partial charge >= 0.3 is 6.18 Å². The first kappa shape index (κ1) is 17.8. The van der Waals surface area contributed by atoms with Crippen molar-refractivity contribution in [3.05, 3.63) is 65.8 Å². The predicted molar refractivity (Wildman–Crippen MR) is 87.0 cm³/mol. The van der Waals surface area contributed by atoms with Gasteiger partial charge in [0.25, 0.3) is 5.89 Å². The number of aromatic nitrogens is 6. The maximum Gasteiger partial charge on any atom is 0.417 e. The highest BCUT2D eigenvalue weighted by molar-refractivity contribution is 5.60. The van der Waals surface area contributed by atoms with Crippen molar-refractivity contribution in [2.75, 3.05) is 0 Å². The van der Waals surface area contributed by atoms with E-state index < -0.39 is 23.1 Å². The maximum atomic E-state index is 13.5. The first-order valence-corrected chi connectivity index (χ1v) is 7.93. The van der Waals surface area contributed by atoms with Gasteiger partial charge in [-0.05, 0) is 23.4 Å². The molecule has 0 atom stereocenters. The van der Waals surface area contributed by atoms with Gasteiger partial charge in [0.2, 0.25) is 11.6 Å². The molecular weight excluding hydrogens is 380 g/mol. The first-order valence-electron chi connectivity index (χ1n) is 7.93. The molecule has 2 aromatic heterocycles. The van der Waals surface area contributed by atoms with Crippen molar-refractivity contribution in [3.63, 3.8) is 0 Å². The molecule has 0 fully saturated rings. The topological polar surface area (TPSA) is 82.5 Å². The van der Waals surface area contributed by atoms with E-state index in [0.717, 1.165) is 16.4 Å². The summed E-state index contributed by atoms with van der Waals surface area (Å²) in [6.07, 6.45) is -4.69. The maximum absolute atomic E-state index is 13.5. The third-order valence-electron chi connectivity index (χ3n) is 3.76. The lowest BCUT2D eigenvalue weighted by atomic mass is 10.1. The van der Waals surface area contributed by atoms with Crippen LogP contribution in [0.15, 0.2) is 53.1 Å². The molecular formula is C17H10F4N6O. The van der Waals surface area contributed by atoms with Crippen molar-refractivity contribution in [1.29, 1.82) is 0 Å². The second-order valence-electron chi connectivity index (χ2n) is 5.71. The summed E-state index contributed by atoms with van der Waals surface area (Å²) in [4.78, 5) is 5.06. The minimum absolute atomic E-state index is 0.0515. The van der Waals surface area contributed by atoms with Gasteiger partial charge in [-0.2, -0.15) is 23.0 Å². The lowest BCUT2D eigenvalue weighted by Crippen LogP contribution is -2.08. The van der Waals surface area contributed by atoms with Crippen molar-refractivity contribution < 1.29 is 22.1 Å². The van der Waals surface area contributed by atoms with Gasteiger partial charge in [0.15, 0.2) is 0 Å². The summed E-state index contributed by atoms with van der Waals surface area (Å²) in [6.45, 7) is -0.108. The zero-order valence-electron chi connectivity index (χ0n) is 13.9. The second kappa shape index (κ2) is 6.83. The fourth-order valence-electron chi connectivity index (χ4n) is 2.51. The van der Waals surface area contributed by atoms with Crippen LogP contribution in [-0.4, -0.2) is 30.3 Å². The molecule has 7 nitrogen and oxygen atoms in total. The fraction of sp³-hybridized carbons (Fsp3) is 0.118. The zero-order valence-corrected chi connectivity index (χ0v) is 13.9. The van der Waals surface area contributed by atoms with E-state index in [1.807, 2.05) is 18.2 Å². The summed E-state index contributed by atoms with van der Waals surface area (Å²) in [6, 6.07) is 11.1. The van der Waals surface area contributed by atoms with Crippen molar-refractivity contribution in [2.24, 2.45) is 0 Å². The molecule has 0 aliphatic rings. The van der Waals surface area contributed by atoms with Crippen molar-refractivity contribution in [1.82, 2.24) is 30.3 Å². The number of hydrogen-bond donors (Lipinski definition) is 0. The van der Waals surface area contributed by atoms with Crippen LogP contribution in [-0.2, 0) is 12.7 Å². The molecule has 0 bridgehead atoms. The average molecular weight is 390 g/mol. The van der Waals surface area contributed by atoms with E-state index in [1.54, 1.807) is 12.1 Å². The number of rotatable bonds is 4. The van der Waals surface area contributed by atoms with E-state index in [4.69, 9.17) is 4.52 Å². The van der Waals surface area contributed by atoms with Crippen molar-refractivity contribution in [2.45, 2.75) is 12.7 Å². The molecule has 4 aromatic rings. The van der Waals surface area contributed by atoms with Gasteiger partial charge in [-0.15, -0.1) is 10.2 Å². The second-order valence-corrected chi connectivity index (χ2v) is 5.71. The van der Waals surface area contributed by atoms with E-state index in [0.29, 0.717) is 18.0 Å². The van der Waals surface area contributed by atoms with Gasteiger partial charge in [-0.1, -0.05) is 35.5 Å². The van der Waals surface area contributed by atoms with Crippen LogP contribution in [0.2, 0.25) is 0 Å². The molecule has 0 aliphatic carbocycles. The highest BCUT2D eigenvalue weighted by Gasteiger charge is 2.35. The monoisotopic (exact) mass is 390 g/mol. The van der Waals surface area contributed by atoms with Gasteiger partial charge < -0.3 is 4.52 Å². The van der Waals surface area contributed by atoms with E-state index in [9.17, 15) is 17.6 Å². The highest BCUT2D eigenvalue weighted by Crippen LogP contribution is 2.36. The van der Waals surface area contributed by atoms with Crippen molar-refractivity contribution >= 4 is 0 Å². The molecule has 0 saturated carbocycles. The molecule has 0 aliphatic heterocycles. The Labute approximate surface area is 154 Å². The van der Waals surface area contributed by atoms with Gasteiger partial charge in [0.05, 0.1) is 5.56 Å². The number of hydrogen-bond acceptors (Lipinski definition) is 6. The smallest absolute Gasteiger partial charge is 0.337 e. The van der Waals surface area contributed by atoms with Crippen LogP contribution in [0.5, 0.6) is 0 Å². The molecule has 2 aromatic carbocycles. The Morgan fingerprint density at radius 1 is 1.00 bits per heavy atom. The molecule has 0 unspecified atom stereocenters. The molecule has 0 N–H and O–H groups in total. The molecule has 0 saturated heterocycles. The third-order valence-corrected chi connectivity index (χ3v) is 3.76. The van der Waals surface area contributed by atoms with E-state index in [1.165, 1.54) is 0 Å². The van der Waals surface area contributed by atoms with E-state index >= 15 is 0 Å². The minimum Gasteiger partial charge on any atom is -0.337 e. The molecule has 2 heterocycles. The van der Waals surface area contributed by atoms with Gasteiger partial charge in [0, 0.05) is 11.1 Å². The summed E-state index contributed by atoms with van der Waals surface area (Å²) in [7, 11) is 0. The zero-order chi connectivity index (χ0) is 19.7. The highest BCUT2D eigenvalue weighted by atomic mass is 19.4. The largest absolute Gasteiger partial charge is 0.417 e. The molecule has 0 radical (unpaired) electrons. The van der Waals surface area contributed by atoms with Crippen LogP contribution in [0, 0.1) is 5.82 Å². The molecule has 142 valence electrons. The standard InChI is InChI=1S/C17H10F4N6O/c18-11-6-7-13(17(19,20)21)12(8-11)16-22-14(28-25-16)9-27-24-15(23-26-27)10-4-2-1-3-5-10/h1-8H,9H2. The molecule has 4 rings (SSSR count). The number of alkyl halides is 3. The first-order chi connectivity index (χ1) is 13.4. The molecule has 28 heavy (non-hydrogen) atoms. The van der Waals surface area contributed by atoms with E-state index in [-0.39, 0.29) is 18.3 Å².